The minimum absolute atomic E-state index is 0.307. The van der Waals surface area contributed by atoms with Crippen molar-refractivity contribution in [3.05, 3.63) is 48.3 Å². The zero-order valence-corrected chi connectivity index (χ0v) is 10.6. The van der Waals surface area contributed by atoms with Crippen LogP contribution in [0.25, 0.3) is 22.8 Å². The van der Waals surface area contributed by atoms with E-state index in [-0.39, 0.29) is 5.82 Å². The van der Waals surface area contributed by atoms with Gasteiger partial charge in [0.1, 0.15) is 11.5 Å². The number of hydrogen-bond donors (Lipinski definition) is 1. The standard InChI is InChI=1S/C13H9FN4S/c14-9-5-2-1-4-8(9)10-6-3-7-11(16-10)12-17-13(15)19-18-12/h1-7H,(H2,15,17,18). The Hall–Kier alpha value is -2.34. The van der Waals surface area contributed by atoms with Gasteiger partial charge < -0.3 is 5.73 Å². The first-order valence-electron chi connectivity index (χ1n) is 5.55. The fourth-order valence-electron chi connectivity index (χ4n) is 1.72. The first-order valence-corrected chi connectivity index (χ1v) is 6.33. The van der Waals surface area contributed by atoms with Crippen molar-refractivity contribution < 1.29 is 4.39 Å². The second-order valence-electron chi connectivity index (χ2n) is 3.84. The molecule has 0 amide bonds. The molecule has 0 saturated carbocycles. The van der Waals surface area contributed by atoms with Gasteiger partial charge in [0.05, 0.1) is 5.69 Å². The lowest BCUT2D eigenvalue weighted by atomic mass is 10.1. The molecule has 0 fully saturated rings. The molecule has 94 valence electrons. The van der Waals surface area contributed by atoms with Gasteiger partial charge in [-0.25, -0.2) is 9.37 Å². The predicted molar refractivity (Wildman–Crippen MR) is 72.9 cm³/mol. The lowest BCUT2D eigenvalue weighted by Crippen LogP contribution is -1.91. The number of rotatable bonds is 2. The minimum Gasteiger partial charge on any atom is -0.374 e. The molecule has 19 heavy (non-hydrogen) atoms. The summed E-state index contributed by atoms with van der Waals surface area (Å²) in [6, 6.07) is 11.8. The molecule has 2 N–H and O–H groups in total. The third kappa shape index (κ3) is 2.30. The second kappa shape index (κ2) is 4.74. The highest BCUT2D eigenvalue weighted by Crippen LogP contribution is 2.24. The van der Waals surface area contributed by atoms with Gasteiger partial charge in [-0.05, 0) is 24.3 Å². The van der Waals surface area contributed by atoms with E-state index in [4.69, 9.17) is 5.73 Å². The highest BCUT2D eigenvalue weighted by molar-refractivity contribution is 7.09. The fourth-order valence-corrected chi connectivity index (χ4v) is 2.16. The molecule has 0 bridgehead atoms. The number of hydrogen-bond acceptors (Lipinski definition) is 5. The molecule has 4 nitrogen and oxygen atoms in total. The van der Waals surface area contributed by atoms with Gasteiger partial charge in [-0.15, -0.1) is 0 Å². The molecule has 0 radical (unpaired) electrons. The van der Waals surface area contributed by atoms with Gasteiger partial charge >= 0.3 is 0 Å². The third-order valence-corrected chi connectivity index (χ3v) is 3.11. The van der Waals surface area contributed by atoms with E-state index in [9.17, 15) is 4.39 Å². The average Bonchev–Trinajstić information content (AvgIpc) is 2.86. The minimum atomic E-state index is -0.307. The van der Waals surface area contributed by atoms with Crippen LogP contribution in [0.5, 0.6) is 0 Å². The number of nitrogens with zero attached hydrogens (tertiary/aromatic N) is 3. The van der Waals surface area contributed by atoms with E-state index in [1.807, 2.05) is 0 Å². The van der Waals surface area contributed by atoms with Gasteiger partial charge in [0.25, 0.3) is 0 Å². The van der Waals surface area contributed by atoms with Crippen LogP contribution in [-0.2, 0) is 0 Å². The van der Waals surface area contributed by atoms with Crippen LogP contribution in [0.4, 0.5) is 9.52 Å². The Morgan fingerprint density at radius 1 is 0.947 bits per heavy atom. The molecule has 3 rings (SSSR count). The lowest BCUT2D eigenvalue weighted by molar-refractivity contribution is 0.631. The summed E-state index contributed by atoms with van der Waals surface area (Å²) >= 11 is 1.11. The van der Waals surface area contributed by atoms with E-state index in [2.05, 4.69) is 14.3 Å². The monoisotopic (exact) mass is 272 g/mol. The van der Waals surface area contributed by atoms with E-state index in [0.717, 1.165) is 11.5 Å². The van der Waals surface area contributed by atoms with Crippen LogP contribution in [0, 0.1) is 5.82 Å². The average molecular weight is 272 g/mol. The summed E-state index contributed by atoms with van der Waals surface area (Å²) < 4.78 is 17.8. The molecule has 0 atom stereocenters. The summed E-state index contributed by atoms with van der Waals surface area (Å²) in [7, 11) is 0. The summed E-state index contributed by atoms with van der Waals surface area (Å²) in [6.45, 7) is 0. The number of pyridine rings is 1. The van der Waals surface area contributed by atoms with Crippen LogP contribution >= 0.6 is 11.5 Å². The SMILES string of the molecule is Nc1nc(-c2cccc(-c3ccccc3F)n2)ns1. The molecule has 6 heteroatoms. The van der Waals surface area contributed by atoms with Gasteiger partial charge in [0.2, 0.25) is 0 Å². The molecule has 0 aliphatic rings. The van der Waals surface area contributed by atoms with Crippen LogP contribution in [0.3, 0.4) is 0 Å². The quantitative estimate of drug-likeness (QED) is 0.779. The Kier molecular flexibility index (Phi) is 2.92. The lowest BCUT2D eigenvalue weighted by Gasteiger charge is -2.03. The van der Waals surface area contributed by atoms with Crippen LogP contribution in [0.1, 0.15) is 0 Å². The summed E-state index contributed by atoms with van der Waals surface area (Å²) in [4.78, 5) is 8.44. The van der Waals surface area contributed by atoms with E-state index < -0.39 is 0 Å². The highest BCUT2D eigenvalue weighted by atomic mass is 32.1. The van der Waals surface area contributed by atoms with Gasteiger partial charge in [-0.3, -0.25) is 0 Å². The van der Waals surface area contributed by atoms with Crippen molar-refractivity contribution in [2.24, 2.45) is 0 Å². The summed E-state index contributed by atoms with van der Waals surface area (Å²) in [5.74, 6) is 0.151. The van der Waals surface area contributed by atoms with Crippen LogP contribution < -0.4 is 5.73 Å². The maximum Gasteiger partial charge on any atom is 0.200 e. The number of nitrogens with two attached hydrogens (primary N) is 1. The van der Waals surface area contributed by atoms with Gasteiger partial charge in [0, 0.05) is 17.1 Å². The molecular weight excluding hydrogens is 263 g/mol. The maximum absolute atomic E-state index is 13.7. The van der Waals surface area contributed by atoms with Gasteiger partial charge in [0.15, 0.2) is 11.0 Å². The number of benzene rings is 1. The molecule has 0 saturated heterocycles. The molecule has 2 heterocycles. The number of anilines is 1. The molecule has 3 aromatic rings. The van der Waals surface area contributed by atoms with E-state index in [1.165, 1.54) is 6.07 Å². The van der Waals surface area contributed by atoms with Crippen molar-refractivity contribution in [2.75, 3.05) is 5.73 Å². The first kappa shape index (κ1) is 11.7. The van der Waals surface area contributed by atoms with Crippen molar-refractivity contribution >= 4 is 16.7 Å². The zero-order valence-electron chi connectivity index (χ0n) is 9.75. The second-order valence-corrected chi connectivity index (χ2v) is 4.63. The number of nitrogen functional groups attached to an aromatic ring is 1. The predicted octanol–water partition coefficient (Wildman–Crippen LogP) is 2.99. The van der Waals surface area contributed by atoms with Gasteiger partial charge in [-0.2, -0.15) is 9.36 Å². The Bertz CT molecular complexity index is 726. The normalized spacial score (nSPS) is 10.6. The fraction of sp³-hybridized carbons (Fsp3) is 0. The van der Waals surface area contributed by atoms with Crippen LogP contribution in [-0.4, -0.2) is 14.3 Å². The van der Waals surface area contributed by atoms with Crippen molar-refractivity contribution in [1.82, 2.24) is 14.3 Å². The smallest absolute Gasteiger partial charge is 0.200 e. The summed E-state index contributed by atoms with van der Waals surface area (Å²) in [5, 5.41) is 0.382. The van der Waals surface area contributed by atoms with Crippen molar-refractivity contribution in [3.8, 4) is 22.8 Å². The van der Waals surface area contributed by atoms with E-state index in [1.54, 1.807) is 36.4 Å². The highest BCUT2D eigenvalue weighted by Gasteiger charge is 2.10. The van der Waals surface area contributed by atoms with E-state index >= 15 is 0 Å². The largest absolute Gasteiger partial charge is 0.374 e. The van der Waals surface area contributed by atoms with Crippen LogP contribution in [0.2, 0.25) is 0 Å². The Morgan fingerprint density at radius 3 is 2.47 bits per heavy atom. The molecular formula is C13H9FN4S. The zero-order chi connectivity index (χ0) is 13.2. The Labute approximate surface area is 112 Å². The van der Waals surface area contributed by atoms with Crippen molar-refractivity contribution in [1.29, 1.82) is 0 Å². The van der Waals surface area contributed by atoms with Crippen LogP contribution in [0.15, 0.2) is 42.5 Å². The van der Waals surface area contributed by atoms with Crippen molar-refractivity contribution in [2.45, 2.75) is 0 Å². The topological polar surface area (TPSA) is 64.7 Å². The Balaban J connectivity index is 2.08. The maximum atomic E-state index is 13.7. The molecule has 1 aromatic carbocycles. The molecule has 0 unspecified atom stereocenters. The number of halogens is 1. The summed E-state index contributed by atoms with van der Waals surface area (Å²) in [6.07, 6.45) is 0. The van der Waals surface area contributed by atoms with Crippen molar-refractivity contribution in [3.63, 3.8) is 0 Å². The molecule has 0 spiro atoms. The van der Waals surface area contributed by atoms with Gasteiger partial charge in [-0.1, -0.05) is 18.2 Å². The molecule has 2 aromatic heterocycles. The number of aromatic nitrogens is 3. The first-order chi connectivity index (χ1) is 9.24. The third-order valence-electron chi connectivity index (χ3n) is 2.57. The Morgan fingerprint density at radius 2 is 1.74 bits per heavy atom. The summed E-state index contributed by atoms with van der Waals surface area (Å²) in [5.41, 5.74) is 7.12. The molecule has 0 aliphatic carbocycles. The molecule has 0 aliphatic heterocycles. The van der Waals surface area contributed by atoms with E-state index in [0.29, 0.717) is 27.9 Å².